The molecule has 2 fully saturated rings. The third-order valence-electron chi connectivity index (χ3n) is 5.32. The minimum atomic E-state index is 0.867. The monoisotopic (exact) mass is 266 g/mol. The molecular formula is C17H34N2. The first-order valence-electron chi connectivity index (χ1n) is 8.65. The van der Waals surface area contributed by atoms with Crippen LogP contribution in [0.5, 0.6) is 0 Å². The molecule has 3 unspecified atom stereocenters. The SMILES string of the molecule is CCCN(CC1CCNCC1)C1CCC(C)CC1C. The lowest BCUT2D eigenvalue weighted by molar-refractivity contribution is 0.0732. The van der Waals surface area contributed by atoms with Gasteiger partial charge in [0.1, 0.15) is 0 Å². The molecule has 0 aromatic carbocycles. The Kier molecular flexibility index (Phi) is 6.15. The molecule has 112 valence electrons. The molecule has 0 amide bonds. The van der Waals surface area contributed by atoms with Crippen LogP contribution in [-0.2, 0) is 0 Å². The summed E-state index contributed by atoms with van der Waals surface area (Å²) in [6.07, 6.45) is 8.41. The topological polar surface area (TPSA) is 15.3 Å². The molecule has 2 rings (SSSR count). The summed E-state index contributed by atoms with van der Waals surface area (Å²) in [6.45, 7) is 12.4. The van der Waals surface area contributed by atoms with Gasteiger partial charge in [-0.1, -0.05) is 20.8 Å². The maximum atomic E-state index is 3.50. The first-order valence-corrected chi connectivity index (χ1v) is 8.65. The summed E-state index contributed by atoms with van der Waals surface area (Å²) in [4.78, 5) is 2.85. The Labute approximate surface area is 120 Å². The molecule has 1 aliphatic heterocycles. The van der Waals surface area contributed by atoms with Gasteiger partial charge >= 0.3 is 0 Å². The number of nitrogens with zero attached hydrogens (tertiary/aromatic N) is 1. The molecule has 1 N–H and O–H groups in total. The van der Waals surface area contributed by atoms with Gasteiger partial charge in [0.25, 0.3) is 0 Å². The standard InChI is InChI=1S/C17H34N2/c1-4-11-19(13-16-7-9-18-10-8-16)17-6-5-14(2)12-15(17)3/h14-18H,4-13H2,1-3H3. The van der Waals surface area contributed by atoms with Crippen molar-refractivity contribution in [1.29, 1.82) is 0 Å². The van der Waals surface area contributed by atoms with Crippen molar-refractivity contribution in [2.24, 2.45) is 17.8 Å². The molecule has 2 aliphatic rings. The Bertz CT molecular complexity index is 248. The van der Waals surface area contributed by atoms with Gasteiger partial charge in [0.05, 0.1) is 0 Å². The molecule has 0 spiro atoms. The molecule has 1 heterocycles. The van der Waals surface area contributed by atoms with Crippen LogP contribution in [0, 0.1) is 17.8 Å². The highest BCUT2D eigenvalue weighted by molar-refractivity contribution is 4.85. The molecule has 2 nitrogen and oxygen atoms in total. The van der Waals surface area contributed by atoms with E-state index in [0.29, 0.717) is 0 Å². The smallest absolute Gasteiger partial charge is 0.0121 e. The Balaban J connectivity index is 1.90. The van der Waals surface area contributed by atoms with Gasteiger partial charge in [-0.25, -0.2) is 0 Å². The van der Waals surface area contributed by atoms with Crippen LogP contribution in [0.3, 0.4) is 0 Å². The summed E-state index contributed by atoms with van der Waals surface area (Å²) in [7, 11) is 0. The number of nitrogens with one attached hydrogen (secondary N) is 1. The lowest BCUT2D eigenvalue weighted by Gasteiger charge is -2.42. The van der Waals surface area contributed by atoms with Gasteiger partial charge in [0, 0.05) is 12.6 Å². The predicted molar refractivity (Wildman–Crippen MR) is 83.4 cm³/mol. The summed E-state index contributed by atoms with van der Waals surface area (Å²) < 4.78 is 0. The summed E-state index contributed by atoms with van der Waals surface area (Å²) in [5.41, 5.74) is 0. The zero-order chi connectivity index (χ0) is 13.7. The van der Waals surface area contributed by atoms with Crippen LogP contribution in [0.15, 0.2) is 0 Å². The second kappa shape index (κ2) is 7.64. The predicted octanol–water partition coefficient (Wildman–Crippen LogP) is 3.52. The van der Waals surface area contributed by atoms with Crippen LogP contribution < -0.4 is 5.32 Å². The number of hydrogen-bond acceptors (Lipinski definition) is 2. The van der Waals surface area contributed by atoms with E-state index in [9.17, 15) is 0 Å². The van der Waals surface area contributed by atoms with Crippen LogP contribution in [0.2, 0.25) is 0 Å². The van der Waals surface area contributed by atoms with E-state index in [1.807, 2.05) is 0 Å². The van der Waals surface area contributed by atoms with Gasteiger partial charge in [-0.05, 0) is 75.9 Å². The molecule has 2 heteroatoms. The van der Waals surface area contributed by atoms with Crippen molar-refractivity contribution in [2.75, 3.05) is 26.2 Å². The fraction of sp³-hybridized carbons (Fsp3) is 1.00. The van der Waals surface area contributed by atoms with Crippen molar-refractivity contribution in [3.8, 4) is 0 Å². The Morgan fingerprint density at radius 1 is 1.05 bits per heavy atom. The average Bonchev–Trinajstić information content (AvgIpc) is 2.39. The summed E-state index contributed by atoms with van der Waals surface area (Å²) >= 11 is 0. The van der Waals surface area contributed by atoms with Crippen molar-refractivity contribution in [2.45, 2.75) is 65.3 Å². The normalized spacial score (nSPS) is 33.8. The van der Waals surface area contributed by atoms with E-state index in [1.165, 1.54) is 64.7 Å². The highest BCUT2D eigenvalue weighted by atomic mass is 15.2. The summed E-state index contributed by atoms with van der Waals surface area (Å²) in [6, 6.07) is 0.867. The van der Waals surface area contributed by atoms with Crippen molar-refractivity contribution in [3.05, 3.63) is 0 Å². The maximum absolute atomic E-state index is 3.50. The van der Waals surface area contributed by atoms with Gasteiger partial charge < -0.3 is 5.32 Å². The number of hydrogen-bond donors (Lipinski definition) is 1. The van der Waals surface area contributed by atoms with Crippen molar-refractivity contribution in [3.63, 3.8) is 0 Å². The van der Waals surface area contributed by atoms with E-state index < -0.39 is 0 Å². The van der Waals surface area contributed by atoms with E-state index in [4.69, 9.17) is 0 Å². The lowest BCUT2D eigenvalue weighted by atomic mass is 9.78. The zero-order valence-electron chi connectivity index (χ0n) is 13.3. The maximum Gasteiger partial charge on any atom is 0.0121 e. The van der Waals surface area contributed by atoms with Crippen molar-refractivity contribution >= 4 is 0 Å². The molecule has 0 aromatic heterocycles. The first kappa shape index (κ1) is 15.3. The molecule has 0 aromatic rings. The highest BCUT2D eigenvalue weighted by Crippen LogP contribution is 2.33. The Hall–Kier alpha value is -0.0800. The molecular weight excluding hydrogens is 232 g/mol. The molecule has 3 atom stereocenters. The fourth-order valence-corrected chi connectivity index (χ4v) is 4.27. The van der Waals surface area contributed by atoms with E-state index in [1.54, 1.807) is 0 Å². The van der Waals surface area contributed by atoms with Crippen molar-refractivity contribution in [1.82, 2.24) is 10.2 Å². The zero-order valence-corrected chi connectivity index (χ0v) is 13.3. The second-order valence-corrected chi connectivity index (χ2v) is 7.15. The fourth-order valence-electron chi connectivity index (χ4n) is 4.27. The van der Waals surface area contributed by atoms with Crippen LogP contribution >= 0.6 is 0 Å². The van der Waals surface area contributed by atoms with Gasteiger partial charge in [-0.2, -0.15) is 0 Å². The largest absolute Gasteiger partial charge is 0.317 e. The minimum Gasteiger partial charge on any atom is -0.317 e. The number of rotatable bonds is 5. The van der Waals surface area contributed by atoms with Gasteiger partial charge in [0.15, 0.2) is 0 Å². The Morgan fingerprint density at radius 2 is 1.79 bits per heavy atom. The first-order chi connectivity index (χ1) is 9.20. The number of piperidine rings is 1. The van der Waals surface area contributed by atoms with E-state index in [2.05, 4.69) is 31.0 Å². The molecule has 1 saturated heterocycles. The summed E-state index contributed by atoms with van der Waals surface area (Å²) in [5.74, 6) is 2.80. The van der Waals surface area contributed by atoms with Crippen LogP contribution in [0.4, 0.5) is 0 Å². The molecule has 19 heavy (non-hydrogen) atoms. The molecule has 1 saturated carbocycles. The third kappa shape index (κ3) is 4.46. The van der Waals surface area contributed by atoms with E-state index >= 15 is 0 Å². The molecule has 0 radical (unpaired) electrons. The van der Waals surface area contributed by atoms with Crippen molar-refractivity contribution < 1.29 is 0 Å². The highest BCUT2D eigenvalue weighted by Gasteiger charge is 2.30. The van der Waals surface area contributed by atoms with Gasteiger partial charge in [-0.15, -0.1) is 0 Å². The minimum absolute atomic E-state index is 0.867. The van der Waals surface area contributed by atoms with Crippen LogP contribution in [-0.4, -0.2) is 37.1 Å². The summed E-state index contributed by atoms with van der Waals surface area (Å²) in [5, 5.41) is 3.50. The van der Waals surface area contributed by atoms with Crippen LogP contribution in [0.1, 0.15) is 59.3 Å². The van der Waals surface area contributed by atoms with E-state index in [0.717, 1.165) is 23.8 Å². The van der Waals surface area contributed by atoms with Gasteiger partial charge in [-0.3, -0.25) is 4.90 Å². The average molecular weight is 266 g/mol. The quantitative estimate of drug-likeness (QED) is 0.819. The molecule has 1 aliphatic carbocycles. The lowest BCUT2D eigenvalue weighted by Crippen LogP contribution is -2.46. The third-order valence-corrected chi connectivity index (χ3v) is 5.32. The van der Waals surface area contributed by atoms with E-state index in [-0.39, 0.29) is 0 Å². The Morgan fingerprint density at radius 3 is 2.42 bits per heavy atom. The molecule has 0 bridgehead atoms. The second-order valence-electron chi connectivity index (χ2n) is 7.15. The van der Waals surface area contributed by atoms with Crippen LogP contribution in [0.25, 0.3) is 0 Å². The van der Waals surface area contributed by atoms with Gasteiger partial charge in [0.2, 0.25) is 0 Å².